The van der Waals surface area contributed by atoms with Crippen molar-refractivity contribution in [1.82, 2.24) is 25.4 Å². The van der Waals surface area contributed by atoms with Crippen molar-refractivity contribution < 1.29 is 9.59 Å². The maximum atomic E-state index is 12.0. The molecule has 27 heavy (non-hydrogen) atoms. The van der Waals surface area contributed by atoms with Crippen molar-refractivity contribution in [2.45, 2.75) is 25.0 Å². The van der Waals surface area contributed by atoms with Crippen LogP contribution in [0.15, 0.2) is 53.0 Å². The molecule has 3 rings (SSSR count). The quantitative estimate of drug-likeness (QED) is 0.619. The minimum atomic E-state index is -0.501. The number of urea groups is 1. The monoisotopic (exact) mass is 401 g/mol. The average Bonchev–Trinajstić information content (AvgIpc) is 3.29. The van der Waals surface area contributed by atoms with E-state index in [9.17, 15) is 9.59 Å². The molecule has 3 amide bonds. The average molecular weight is 402 g/mol. The molecule has 0 saturated heterocycles. The van der Waals surface area contributed by atoms with Crippen molar-refractivity contribution in [2.75, 3.05) is 5.75 Å². The van der Waals surface area contributed by atoms with Gasteiger partial charge in [-0.1, -0.05) is 36.0 Å². The zero-order chi connectivity index (χ0) is 19.2. The SMILES string of the molecule is CC(C)NC(=O)NC(=O)CSc1nnc(-c2cccs2)n1-c1ccccc1. The third kappa shape index (κ3) is 4.95. The summed E-state index contributed by atoms with van der Waals surface area (Å²) in [5.74, 6) is 0.385. The van der Waals surface area contributed by atoms with E-state index in [-0.39, 0.29) is 11.8 Å². The van der Waals surface area contributed by atoms with Crippen molar-refractivity contribution in [2.24, 2.45) is 0 Å². The van der Waals surface area contributed by atoms with E-state index in [1.165, 1.54) is 11.8 Å². The molecule has 9 heteroatoms. The Morgan fingerprint density at radius 3 is 2.59 bits per heavy atom. The Morgan fingerprint density at radius 2 is 1.93 bits per heavy atom. The Bertz CT molecular complexity index is 907. The molecule has 0 bridgehead atoms. The number of hydrogen-bond acceptors (Lipinski definition) is 6. The van der Waals surface area contributed by atoms with Crippen LogP contribution in [0.5, 0.6) is 0 Å². The van der Waals surface area contributed by atoms with Gasteiger partial charge in [0.1, 0.15) is 0 Å². The van der Waals surface area contributed by atoms with E-state index >= 15 is 0 Å². The second-order valence-electron chi connectivity index (χ2n) is 5.92. The number of thioether (sulfide) groups is 1. The van der Waals surface area contributed by atoms with Crippen LogP contribution in [0.25, 0.3) is 16.4 Å². The van der Waals surface area contributed by atoms with Gasteiger partial charge in [-0.15, -0.1) is 21.5 Å². The fraction of sp³-hybridized carbons (Fsp3) is 0.222. The van der Waals surface area contributed by atoms with Crippen LogP contribution in [0.4, 0.5) is 4.79 Å². The van der Waals surface area contributed by atoms with Gasteiger partial charge in [0, 0.05) is 11.7 Å². The van der Waals surface area contributed by atoms with Gasteiger partial charge >= 0.3 is 6.03 Å². The molecule has 2 N–H and O–H groups in total. The first-order chi connectivity index (χ1) is 13.0. The fourth-order valence-electron chi connectivity index (χ4n) is 2.33. The van der Waals surface area contributed by atoms with Crippen molar-refractivity contribution in [1.29, 1.82) is 0 Å². The summed E-state index contributed by atoms with van der Waals surface area (Å²) in [5, 5.41) is 16.1. The molecule has 3 aromatic rings. The molecule has 0 saturated carbocycles. The number of nitrogens with zero attached hydrogens (tertiary/aromatic N) is 3. The number of rotatable bonds is 6. The number of amides is 3. The van der Waals surface area contributed by atoms with E-state index < -0.39 is 11.9 Å². The zero-order valence-electron chi connectivity index (χ0n) is 14.9. The van der Waals surface area contributed by atoms with Gasteiger partial charge in [0.05, 0.1) is 10.6 Å². The largest absolute Gasteiger partial charge is 0.336 e. The molecule has 0 unspecified atom stereocenters. The molecule has 1 aromatic carbocycles. The Hall–Kier alpha value is -2.65. The van der Waals surface area contributed by atoms with Crippen LogP contribution in [0, 0.1) is 0 Å². The minimum Gasteiger partial charge on any atom is -0.336 e. The summed E-state index contributed by atoms with van der Waals surface area (Å²) in [4.78, 5) is 24.7. The van der Waals surface area contributed by atoms with Gasteiger partial charge in [0.2, 0.25) is 5.91 Å². The van der Waals surface area contributed by atoms with Crippen molar-refractivity contribution in [3.63, 3.8) is 0 Å². The molecule has 2 heterocycles. The molecule has 2 aromatic heterocycles. The fourth-order valence-corrected chi connectivity index (χ4v) is 3.78. The highest BCUT2D eigenvalue weighted by molar-refractivity contribution is 7.99. The summed E-state index contributed by atoms with van der Waals surface area (Å²) in [6.45, 7) is 3.65. The number of thiophene rings is 1. The Balaban J connectivity index is 1.78. The maximum absolute atomic E-state index is 12.0. The third-order valence-corrected chi connectivity index (χ3v) is 5.19. The molecule has 0 aliphatic heterocycles. The summed E-state index contributed by atoms with van der Waals surface area (Å²) >= 11 is 2.80. The number of carbonyl (C=O) groups excluding carboxylic acids is 2. The lowest BCUT2D eigenvalue weighted by Gasteiger charge is -2.10. The van der Waals surface area contributed by atoms with Crippen LogP contribution in [0.2, 0.25) is 0 Å². The smallest absolute Gasteiger partial charge is 0.321 e. The molecule has 0 fully saturated rings. The number of nitrogens with one attached hydrogen (secondary N) is 2. The molecular weight excluding hydrogens is 382 g/mol. The van der Waals surface area contributed by atoms with Gasteiger partial charge in [0.15, 0.2) is 11.0 Å². The molecule has 0 radical (unpaired) electrons. The van der Waals surface area contributed by atoms with Gasteiger partial charge in [0.25, 0.3) is 0 Å². The summed E-state index contributed by atoms with van der Waals surface area (Å²) in [6.07, 6.45) is 0. The summed E-state index contributed by atoms with van der Waals surface area (Å²) in [6, 6.07) is 13.1. The normalized spacial score (nSPS) is 10.8. The second kappa shape index (κ2) is 8.83. The first-order valence-corrected chi connectivity index (χ1v) is 10.2. The highest BCUT2D eigenvalue weighted by Gasteiger charge is 2.18. The number of benzene rings is 1. The van der Waals surface area contributed by atoms with Crippen LogP contribution < -0.4 is 10.6 Å². The molecule has 0 aliphatic carbocycles. The van der Waals surface area contributed by atoms with Crippen LogP contribution >= 0.6 is 23.1 Å². The van der Waals surface area contributed by atoms with E-state index in [0.717, 1.165) is 16.4 Å². The van der Waals surface area contributed by atoms with Gasteiger partial charge in [-0.05, 0) is 37.4 Å². The van der Waals surface area contributed by atoms with E-state index in [2.05, 4.69) is 20.8 Å². The Kier molecular flexibility index (Phi) is 6.25. The van der Waals surface area contributed by atoms with Crippen molar-refractivity contribution >= 4 is 35.0 Å². The zero-order valence-corrected chi connectivity index (χ0v) is 16.5. The van der Waals surface area contributed by atoms with E-state index in [4.69, 9.17) is 0 Å². The second-order valence-corrected chi connectivity index (χ2v) is 7.81. The van der Waals surface area contributed by atoms with Gasteiger partial charge in [-0.25, -0.2) is 4.79 Å². The lowest BCUT2D eigenvalue weighted by molar-refractivity contribution is -0.117. The Labute approximate surface area is 165 Å². The van der Waals surface area contributed by atoms with Crippen molar-refractivity contribution in [3.05, 3.63) is 47.8 Å². The number of para-hydroxylation sites is 1. The minimum absolute atomic E-state index is 0.0417. The van der Waals surface area contributed by atoms with Gasteiger partial charge < -0.3 is 5.32 Å². The van der Waals surface area contributed by atoms with Crippen molar-refractivity contribution in [3.8, 4) is 16.4 Å². The first-order valence-electron chi connectivity index (χ1n) is 8.32. The lowest BCUT2D eigenvalue weighted by atomic mass is 10.3. The van der Waals surface area contributed by atoms with E-state index in [0.29, 0.717) is 5.16 Å². The molecular formula is C18H19N5O2S2. The highest BCUT2D eigenvalue weighted by atomic mass is 32.2. The van der Waals surface area contributed by atoms with Crippen LogP contribution in [0.3, 0.4) is 0 Å². The summed E-state index contributed by atoms with van der Waals surface area (Å²) < 4.78 is 1.91. The standard InChI is InChI=1S/C18H19N5O2S2/c1-12(2)19-17(25)20-15(24)11-27-18-22-21-16(14-9-6-10-26-14)23(18)13-7-4-3-5-8-13/h3-10,12H,11H2,1-2H3,(H2,19,20,24,25). The van der Waals surface area contributed by atoms with Gasteiger partial charge in [-0.2, -0.15) is 0 Å². The van der Waals surface area contributed by atoms with Crippen LogP contribution in [-0.2, 0) is 4.79 Å². The topological polar surface area (TPSA) is 88.9 Å². The number of aromatic nitrogens is 3. The Morgan fingerprint density at radius 1 is 1.15 bits per heavy atom. The number of carbonyl (C=O) groups is 2. The molecule has 0 atom stereocenters. The number of imide groups is 1. The predicted molar refractivity (Wildman–Crippen MR) is 107 cm³/mol. The van der Waals surface area contributed by atoms with E-state index in [1.807, 2.05) is 66.3 Å². The van der Waals surface area contributed by atoms with E-state index in [1.54, 1.807) is 11.3 Å². The predicted octanol–water partition coefficient (Wildman–Crippen LogP) is 3.32. The third-order valence-electron chi connectivity index (χ3n) is 3.39. The summed E-state index contributed by atoms with van der Waals surface area (Å²) in [7, 11) is 0. The molecule has 140 valence electrons. The summed E-state index contributed by atoms with van der Waals surface area (Å²) in [5.41, 5.74) is 0.909. The molecule has 0 aliphatic rings. The molecule has 7 nitrogen and oxygen atoms in total. The maximum Gasteiger partial charge on any atom is 0.321 e. The highest BCUT2D eigenvalue weighted by Crippen LogP contribution is 2.30. The number of hydrogen-bond donors (Lipinski definition) is 2. The van der Waals surface area contributed by atoms with Crippen LogP contribution in [-0.4, -0.2) is 38.5 Å². The lowest BCUT2D eigenvalue weighted by Crippen LogP contribution is -2.43. The first kappa shape index (κ1) is 19.1. The van der Waals surface area contributed by atoms with Gasteiger partial charge in [-0.3, -0.25) is 14.7 Å². The van der Waals surface area contributed by atoms with Crippen LogP contribution in [0.1, 0.15) is 13.8 Å². The molecule has 0 spiro atoms.